The molecule has 2 N–H and O–H groups in total. The first kappa shape index (κ1) is 51.8. The molecule has 1 aliphatic carbocycles. The van der Waals surface area contributed by atoms with Crippen LogP contribution >= 0.6 is 22.7 Å². The second-order valence-corrected chi connectivity index (χ2v) is 29.8. The largest absolute Gasteiger partial charge is 0.353 e. The fourth-order valence-electron chi connectivity index (χ4n) is 17.1. The number of hydrogen-bond donors (Lipinski definition) is 2. The molecule has 6 heteroatoms. The van der Waals surface area contributed by atoms with Crippen LogP contribution in [0.3, 0.4) is 0 Å². The summed E-state index contributed by atoms with van der Waals surface area (Å²) in [6.07, 6.45) is 0. The van der Waals surface area contributed by atoms with Crippen LogP contribution in [0.2, 0.25) is 0 Å². The van der Waals surface area contributed by atoms with Crippen molar-refractivity contribution >= 4 is 172 Å². The van der Waals surface area contributed by atoms with E-state index >= 15 is 0 Å². The van der Waals surface area contributed by atoms with Crippen molar-refractivity contribution in [2.45, 2.75) is 19.3 Å². The highest BCUT2D eigenvalue weighted by molar-refractivity contribution is 7.27. The number of benzene rings is 16. The molecule has 4 nitrogen and oxygen atoms in total. The second-order valence-electron chi connectivity index (χ2n) is 27.7. The molecule has 0 saturated heterocycles. The fourth-order valence-corrected chi connectivity index (χ4v) is 19.5. The van der Waals surface area contributed by atoms with Gasteiger partial charge in [-0.05, 0) is 162 Å². The minimum Gasteiger partial charge on any atom is -0.353 e. The molecule has 101 heavy (non-hydrogen) atoms. The SMILES string of the molecule is [2H]c1c([2H])c([2H])c(-n2c3cc(-c4ccc5c(c4)C(C)(C)c4ccccc4-5)ccc3c3cc4c(cc32)sc2c4ccc3c4ccccc4[nH]c32)c([2H])c1[2H].c1ccc(-c2ccc(-n3c4ccccc4c4cc5c(cc43)sc3c5ccc4c5ccc(-c6ccc7c(ccc8ccccc87)c6)cc5[nH]c43)cc2)cc1. The molecule has 0 aliphatic heterocycles. The summed E-state index contributed by atoms with van der Waals surface area (Å²) in [5.41, 5.74) is 21.9. The minimum atomic E-state index is -0.402. The number of rotatable bonds is 5. The van der Waals surface area contributed by atoms with Crippen LogP contribution in [-0.2, 0) is 5.41 Å². The van der Waals surface area contributed by atoms with E-state index < -0.39 is 6.04 Å². The highest BCUT2D eigenvalue weighted by atomic mass is 32.1. The molecule has 0 radical (unpaired) electrons. The van der Waals surface area contributed by atoms with Crippen LogP contribution in [0.5, 0.6) is 0 Å². The number of para-hydroxylation sites is 3. The number of thiophene rings is 2. The van der Waals surface area contributed by atoms with Gasteiger partial charge >= 0.3 is 0 Å². The van der Waals surface area contributed by atoms with E-state index in [1.54, 1.807) is 11.3 Å². The summed E-state index contributed by atoms with van der Waals surface area (Å²) in [6, 6.07) is 102. The van der Waals surface area contributed by atoms with E-state index in [0.29, 0.717) is 0 Å². The van der Waals surface area contributed by atoms with Crippen LogP contribution < -0.4 is 0 Å². The number of nitrogens with zero attached hydrogens (tertiary/aromatic N) is 2. The van der Waals surface area contributed by atoms with Crippen LogP contribution in [0.1, 0.15) is 31.8 Å². The third kappa shape index (κ3) is 8.41. The Balaban J connectivity index is 0.000000132. The lowest BCUT2D eigenvalue weighted by Gasteiger charge is -2.22. The van der Waals surface area contributed by atoms with Crippen molar-refractivity contribution in [1.82, 2.24) is 19.1 Å². The average molecular weight is 1330 g/mol. The molecule has 472 valence electrons. The average Bonchev–Trinajstić information content (AvgIpc) is 1.60. The number of aromatic amines is 2. The molecule has 22 aromatic rings. The van der Waals surface area contributed by atoms with Crippen molar-refractivity contribution < 1.29 is 6.85 Å². The van der Waals surface area contributed by atoms with Crippen LogP contribution in [-0.4, -0.2) is 19.1 Å². The molecule has 0 unspecified atom stereocenters. The molecule has 16 aromatic carbocycles. The monoisotopic (exact) mass is 1330 g/mol. The highest BCUT2D eigenvalue weighted by Crippen LogP contribution is 2.51. The first-order chi connectivity index (χ1) is 51.9. The molecular weight excluding hydrogens is 1260 g/mol. The zero-order valence-electron chi connectivity index (χ0n) is 59.8. The molecule has 23 rings (SSSR count). The van der Waals surface area contributed by atoms with Gasteiger partial charge in [-0.15, -0.1) is 22.7 Å². The summed E-state index contributed by atoms with van der Waals surface area (Å²) < 4.78 is 52.8. The molecule has 6 aromatic heterocycles. The quantitative estimate of drug-likeness (QED) is 0.161. The lowest BCUT2D eigenvalue weighted by Crippen LogP contribution is -2.14. The predicted molar refractivity (Wildman–Crippen MR) is 435 cm³/mol. The first-order valence-corrected chi connectivity index (χ1v) is 36.1. The summed E-state index contributed by atoms with van der Waals surface area (Å²) in [7, 11) is 0. The maximum atomic E-state index is 9.07. The molecule has 0 atom stereocenters. The van der Waals surface area contributed by atoms with E-state index in [-0.39, 0.29) is 35.3 Å². The van der Waals surface area contributed by atoms with E-state index in [4.69, 9.17) is 6.85 Å². The van der Waals surface area contributed by atoms with Crippen LogP contribution in [0.4, 0.5) is 0 Å². The fraction of sp³-hybridized carbons (Fsp3) is 0.0316. The summed E-state index contributed by atoms with van der Waals surface area (Å²) in [6.45, 7) is 4.55. The van der Waals surface area contributed by atoms with E-state index in [1.807, 2.05) is 22.0 Å². The molecule has 0 amide bonds. The molecule has 0 fully saturated rings. The topological polar surface area (TPSA) is 41.4 Å². The van der Waals surface area contributed by atoms with Crippen LogP contribution in [0, 0.1) is 0 Å². The zero-order chi connectivity index (χ0) is 70.7. The van der Waals surface area contributed by atoms with Gasteiger partial charge < -0.3 is 19.1 Å². The standard InChI is InChI=1S/C50H30N2S.C45H30N2S/c1-2-8-30(9-3-1)31-16-20-36(21-17-31)52-46-13-7-6-12-40(46)43-28-44-42-25-24-41-39-23-19-34(27-45(39)51-49(41)50(42)53-48(44)29-47(43)52)33-18-22-38-35(26-33)15-14-32-10-4-5-11-37(32)38;1-45(2)37-14-8-6-12-29(37)30-18-16-26(22-38(30)45)27-17-19-32-35-24-36-34-21-20-33-31-13-7-9-15-39(31)46-43(33)44(34)48-42(36)25-41(35)47(40(32)23-27)28-10-4-3-5-11-28/h1-29,51H;3-25,46H,1-2H3/i;3D,4D,5D,10D,11D. The van der Waals surface area contributed by atoms with Crippen LogP contribution in [0.25, 0.3) is 205 Å². The Kier molecular flexibility index (Phi) is 11.0. The minimum absolute atomic E-state index is 0.150. The van der Waals surface area contributed by atoms with Gasteiger partial charge in [-0.2, -0.15) is 0 Å². The molecule has 6 heterocycles. The molecule has 0 spiro atoms. The lowest BCUT2D eigenvalue weighted by atomic mass is 9.81. The Labute approximate surface area is 595 Å². The van der Waals surface area contributed by atoms with Crippen molar-refractivity contribution in [1.29, 1.82) is 0 Å². The van der Waals surface area contributed by atoms with Gasteiger partial charge in [0.25, 0.3) is 0 Å². The number of aromatic nitrogens is 4. The van der Waals surface area contributed by atoms with Crippen molar-refractivity contribution in [2.24, 2.45) is 0 Å². The van der Waals surface area contributed by atoms with Crippen molar-refractivity contribution in [2.75, 3.05) is 0 Å². The molecule has 0 bridgehead atoms. The summed E-state index contributed by atoms with van der Waals surface area (Å²) in [4.78, 5) is 7.54. The van der Waals surface area contributed by atoms with Gasteiger partial charge in [0.2, 0.25) is 0 Å². The number of H-pyrrole nitrogens is 2. The van der Waals surface area contributed by atoms with E-state index in [2.05, 4.69) is 307 Å². The van der Waals surface area contributed by atoms with Gasteiger partial charge in [-0.1, -0.05) is 244 Å². The summed E-state index contributed by atoms with van der Waals surface area (Å²) >= 11 is 3.61. The van der Waals surface area contributed by atoms with Gasteiger partial charge in [0.15, 0.2) is 0 Å². The van der Waals surface area contributed by atoms with Gasteiger partial charge in [0, 0.05) is 102 Å². The van der Waals surface area contributed by atoms with E-state index in [9.17, 15) is 0 Å². The van der Waals surface area contributed by atoms with E-state index in [0.717, 1.165) is 59.4 Å². The number of nitrogens with one attached hydrogen (secondary N) is 2. The zero-order valence-corrected chi connectivity index (χ0v) is 56.5. The predicted octanol–water partition coefficient (Wildman–Crippen LogP) is 27.2. The third-order valence-corrected chi connectivity index (χ3v) is 24.3. The lowest BCUT2D eigenvalue weighted by molar-refractivity contribution is 0.660. The van der Waals surface area contributed by atoms with E-state index in [1.165, 1.54) is 151 Å². The Morgan fingerprint density at radius 2 is 0.792 bits per heavy atom. The first-order valence-electron chi connectivity index (χ1n) is 36.9. The van der Waals surface area contributed by atoms with Gasteiger partial charge in [0.1, 0.15) is 0 Å². The van der Waals surface area contributed by atoms with Gasteiger partial charge in [-0.3, -0.25) is 0 Å². The Morgan fingerprint density at radius 1 is 0.297 bits per heavy atom. The third-order valence-electron chi connectivity index (χ3n) is 21.9. The Hall–Kier alpha value is -12.3. The second kappa shape index (κ2) is 21.3. The number of fused-ring (bicyclic) bond motifs is 26. The summed E-state index contributed by atoms with van der Waals surface area (Å²) in [5, 5.41) is 19.4. The van der Waals surface area contributed by atoms with Crippen molar-refractivity contribution in [3.05, 3.63) is 326 Å². The molecule has 1 aliphatic rings. The Morgan fingerprint density at radius 3 is 1.54 bits per heavy atom. The van der Waals surface area contributed by atoms with Gasteiger partial charge in [0.05, 0.1) is 49.4 Å². The maximum absolute atomic E-state index is 9.07. The summed E-state index contributed by atoms with van der Waals surface area (Å²) in [5.74, 6) is 0. The van der Waals surface area contributed by atoms with Crippen LogP contribution in [0.15, 0.2) is 315 Å². The smallest absolute Gasteiger partial charge is 0.0646 e. The maximum Gasteiger partial charge on any atom is 0.0646 e. The normalized spacial score (nSPS) is 13.6. The van der Waals surface area contributed by atoms with Crippen molar-refractivity contribution in [3.63, 3.8) is 0 Å². The number of hydrogen-bond acceptors (Lipinski definition) is 2. The van der Waals surface area contributed by atoms with Gasteiger partial charge in [-0.25, -0.2) is 0 Å². The Bertz CT molecular complexity index is 7590. The van der Waals surface area contributed by atoms with Crippen molar-refractivity contribution in [3.8, 4) is 55.9 Å². The molecular formula is C95H60N4S2. The molecule has 0 saturated carbocycles. The highest BCUT2D eigenvalue weighted by Gasteiger charge is 2.35.